The number of nitrogens with two attached hydrogens (primary N) is 1. The average molecular weight is 463 g/mol. The molecule has 2 aliphatic heterocycles. The number of halogens is 2. The van der Waals surface area contributed by atoms with Crippen LogP contribution >= 0.6 is 11.6 Å². The molecule has 3 heterocycles. The Labute approximate surface area is 190 Å². The van der Waals surface area contributed by atoms with Crippen LogP contribution in [-0.4, -0.2) is 59.3 Å². The van der Waals surface area contributed by atoms with Crippen LogP contribution in [0.3, 0.4) is 0 Å². The maximum atomic E-state index is 14.0. The molecule has 1 fully saturated rings. The first-order valence-corrected chi connectivity index (χ1v) is 10.8. The number of aliphatic hydroxyl groups is 1. The molecule has 10 heteroatoms. The molecular weight excluding hydrogens is 437 g/mol. The number of aromatic amines is 1. The number of β-amino-alcohol motifs (C(OH)–C–C–N with tert-alkyl or cyclic N) is 1. The molecule has 1 aromatic carbocycles. The molecule has 2 atom stereocenters. The molecule has 1 aromatic heterocycles. The molecule has 0 unspecified atom stereocenters. The van der Waals surface area contributed by atoms with Gasteiger partial charge in [0.25, 0.3) is 5.91 Å². The van der Waals surface area contributed by atoms with Crippen molar-refractivity contribution in [3.8, 4) is 5.75 Å². The standard InChI is InChI=1S/C22H25ClFN5O3/c1-11-20(23)12(2)28-21(27-11)15-9-29(10-16(15)25)22(31)14-4-3-13(24)7-19(14)32-18-5-6-26-8-17(18)30/h3-4,7,17-18,26,30H,5-6,8-10,25H2,1-2H3/p+1/t17-,18-/m1/s1. The zero-order chi connectivity index (χ0) is 23.0. The Morgan fingerprint density at radius 2 is 2.19 bits per heavy atom. The first-order chi connectivity index (χ1) is 15.2. The van der Waals surface area contributed by atoms with Gasteiger partial charge in [-0.2, -0.15) is 0 Å². The third-order valence-electron chi connectivity index (χ3n) is 5.74. The van der Waals surface area contributed by atoms with E-state index < -0.39 is 18.0 Å². The van der Waals surface area contributed by atoms with Gasteiger partial charge >= 0.3 is 5.82 Å². The van der Waals surface area contributed by atoms with Gasteiger partial charge in [0.15, 0.2) is 5.69 Å². The van der Waals surface area contributed by atoms with Gasteiger partial charge in [0.2, 0.25) is 0 Å². The van der Waals surface area contributed by atoms with E-state index in [9.17, 15) is 14.3 Å². The molecule has 1 saturated heterocycles. The first-order valence-electron chi connectivity index (χ1n) is 10.4. The predicted octanol–water partition coefficient (Wildman–Crippen LogP) is 1.23. The van der Waals surface area contributed by atoms with Crippen LogP contribution < -0.4 is 20.8 Å². The van der Waals surface area contributed by atoms with E-state index in [0.717, 1.165) is 5.69 Å². The number of nitrogens with zero attached hydrogens (tertiary/aromatic N) is 2. The van der Waals surface area contributed by atoms with Gasteiger partial charge in [0.05, 0.1) is 24.2 Å². The van der Waals surface area contributed by atoms with Crippen LogP contribution in [-0.2, 0) is 0 Å². The fraction of sp³-hybridized carbons (Fsp3) is 0.409. The van der Waals surface area contributed by atoms with Crippen molar-refractivity contribution in [3.05, 3.63) is 57.5 Å². The van der Waals surface area contributed by atoms with Crippen LogP contribution in [0.1, 0.15) is 34.0 Å². The number of rotatable bonds is 4. The van der Waals surface area contributed by atoms with Crippen molar-refractivity contribution in [3.63, 3.8) is 0 Å². The Morgan fingerprint density at radius 1 is 1.41 bits per heavy atom. The Morgan fingerprint density at radius 3 is 2.91 bits per heavy atom. The number of H-pyrrole nitrogens is 1. The number of ether oxygens (including phenoxy) is 1. The monoisotopic (exact) mass is 462 g/mol. The topological polar surface area (TPSA) is 115 Å². The van der Waals surface area contributed by atoms with Gasteiger partial charge in [0.1, 0.15) is 34.5 Å². The Balaban J connectivity index is 1.57. The van der Waals surface area contributed by atoms with Crippen LogP contribution in [0.5, 0.6) is 5.75 Å². The summed E-state index contributed by atoms with van der Waals surface area (Å²) in [4.78, 5) is 22.5. The Hall–Kier alpha value is -2.75. The fourth-order valence-electron chi connectivity index (χ4n) is 3.97. The lowest BCUT2D eigenvalue weighted by atomic mass is 10.1. The van der Waals surface area contributed by atoms with Crippen molar-refractivity contribution >= 4 is 23.1 Å². The van der Waals surface area contributed by atoms with Crippen molar-refractivity contribution in [2.75, 3.05) is 26.2 Å². The molecule has 32 heavy (non-hydrogen) atoms. The number of aryl methyl sites for hydroxylation is 2. The molecule has 0 radical (unpaired) electrons. The number of aromatic nitrogens is 2. The minimum absolute atomic E-state index is 0.107. The van der Waals surface area contributed by atoms with Crippen molar-refractivity contribution in [1.29, 1.82) is 0 Å². The van der Waals surface area contributed by atoms with Crippen LogP contribution in [0.2, 0.25) is 5.02 Å². The summed E-state index contributed by atoms with van der Waals surface area (Å²) in [5, 5.41) is 13.8. The SMILES string of the molecule is Cc1nc(C2=C(N)CN(C(=O)c3ccc(F)cc3O[C@@H]3CCNC[C@H]3O)C2)[nH+]c(C)c1Cl. The number of carbonyl (C=O) groups is 1. The normalized spacial score (nSPS) is 21.2. The summed E-state index contributed by atoms with van der Waals surface area (Å²) >= 11 is 6.20. The number of carbonyl (C=O) groups excluding carboxylic acids is 1. The maximum absolute atomic E-state index is 14.0. The summed E-state index contributed by atoms with van der Waals surface area (Å²) in [5.74, 6) is -0.198. The van der Waals surface area contributed by atoms with E-state index in [4.69, 9.17) is 22.1 Å². The molecule has 0 bridgehead atoms. The van der Waals surface area contributed by atoms with Gasteiger partial charge in [-0.1, -0.05) is 11.6 Å². The van der Waals surface area contributed by atoms with Crippen LogP contribution in [0.25, 0.3) is 5.57 Å². The molecule has 4 rings (SSSR count). The van der Waals surface area contributed by atoms with Gasteiger partial charge in [-0.05, 0) is 37.0 Å². The molecule has 8 nitrogen and oxygen atoms in total. The molecule has 170 valence electrons. The molecular formula is C22H26ClFN5O3+. The smallest absolute Gasteiger partial charge is 0.328 e. The molecule has 2 aromatic rings. The van der Waals surface area contributed by atoms with Gasteiger partial charge in [-0.15, -0.1) is 0 Å². The van der Waals surface area contributed by atoms with E-state index in [-0.39, 0.29) is 30.3 Å². The molecule has 0 spiro atoms. The highest BCUT2D eigenvalue weighted by molar-refractivity contribution is 6.31. The number of aliphatic hydroxyl groups excluding tert-OH is 1. The van der Waals surface area contributed by atoms with Gasteiger partial charge < -0.3 is 25.8 Å². The Kier molecular flexibility index (Phi) is 6.32. The highest BCUT2D eigenvalue weighted by atomic mass is 35.5. The van der Waals surface area contributed by atoms with E-state index in [2.05, 4.69) is 15.3 Å². The van der Waals surface area contributed by atoms with E-state index in [1.165, 1.54) is 18.2 Å². The minimum Gasteiger partial charge on any atom is -0.487 e. The van der Waals surface area contributed by atoms with Gasteiger partial charge in [0, 0.05) is 25.2 Å². The Bertz CT molecular complexity index is 1070. The number of hydrogen-bond donors (Lipinski definition) is 3. The van der Waals surface area contributed by atoms with Crippen molar-refractivity contribution in [2.24, 2.45) is 5.73 Å². The second-order valence-corrected chi connectivity index (χ2v) is 8.51. The van der Waals surface area contributed by atoms with Crippen LogP contribution in [0.4, 0.5) is 4.39 Å². The number of piperidine rings is 1. The third-order valence-corrected chi connectivity index (χ3v) is 6.30. The van der Waals surface area contributed by atoms with Crippen LogP contribution in [0.15, 0.2) is 23.9 Å². The lowest BCUT2D eigenvalue weighted by Gasteiger charge is -2.30. The molecule has 0 saturated carbocycles. The van der Waals surface area contributed by atoms with Crippen LogP contribution in [0, 0.1) is 19.7 Å². The molecule has 2 aliphatic rings. The van der Waals surface area contributed by atoms with E-state index >= 15 is 0 Å². The summed E-state index contributed by atoms with van der Waals surface area (Å²) < 4.78 is 19.8. The minimum atomic E-state index is -0.747. The van der Waals surface area contributed by atoms with Crippen molar-refractivity contribution < 1.29 is 24.0 Å². The number of hydrogen-bond acceptors (Lipinski definition) is 6. The van der Waals surface area contributed by atoms with E-state index in [1.807, 2.05) is 6.92 Å². The lowest BCUT2D eigenvalue weighted by molar-refractivity contribution is -0.396. The van der Waals surface area contributed by atoms with Gasteiger partial charge in [-0.25, -0.2) is 9.37 Å². The summed E-state index contributed by atoms with van der Waals surface area (Å²) in [7, 11) is 0. The lowest BCUT2D eigenvalue weighted by Crippen LogP contribution is -2.46. The third kappa shape index (κ3) is 4.41. The maximum Gasteiger partial charge on any atom is 0.328 e. The average Bonchev–Trinajstić information content (AvgIpc) is 3.14. The summed E-state index contributed by atoms with van der Waals surface area (Å²) in [6, 6.07) is 3.79. The second-order valence-electron chi connectivity index (χ2n) is 8.13. The summed E-state index contributed by atoms with van der Waals surface area (Å²) in [6.07, 6.45) is -0.728. The summed E-state index contributed by atoms with van der Waals surface area (Å²) in [6.45, 7) is 5.13. The quantitative estimate of drug-likeness (QED) is 0.629. The largest absolute Gasteiger partial charge is 0.487 e. The number of benzene rings is 1. The van der Waals surface area contributed by atoms with Gasteiger partial charge in [-0.3, -0.25) is 4.79 Å². The zero-order valence-corrected chi connectivity index (χ0v) is 18.7. The van der Waals surface area contributed by atoms with E-state index in [0.29, 0.717) is 47.3 Å². The second kappa shape index (κ2) is 9.01. The highest BCUT2D eigenvalue weighted by Gasteiger charge is 2.33. The highest BCUT2D eigenvalue weighted by Crippen LogP contribution is 2.29. The molecule has 1 amide bonds. The van der Waals surface area contributed by atoms with E-state index in [1.54, 1.807) is 11.8 Å². The number of amides is 1. The summed E-state index contributed by atoms with van der Waals surface area (Å²) in [5.41, 5.74) is 9.11. The molecule has 5 N–H and O–H groups in total. The fourth-order valence-corrected chi connectivity index (χ4v) is 4.06. The zero-order valence-electron chi connectivity index (χ0n) is 17.9. The first kappa shape index (κ1) is 22.4. The number of nitrogens with one attached hydrogen (secondary N) is 2. The predicted molar refractivity (Wildman–Crippen MR) is 117 cm³/mol. The van der Waals surface area contributed by atoms with Crippen molar-refractivity contribution in [1.82, 2.24) is 15.2 Å². The molecule has 0 aliphatic carbocycles. The van der Waals surface area contributed by atoms with Crippen molar-refractivity contribution in [2.45, 2.75) is 32.5 Å².